The van der Waals surface area contributed by atoms with Gasteiger partial charge in [0, 0.05) is 6.61 Å². The summed E-state index contributed by atoms with van der Waals surface area (Å²) in [6, 6.07) is 9.39. The zero-order valence-electron chi connectivity index (χ0n) is 20.9. The van der Waals surface area contributed by atoms with Gasteiger partial charge in [-0.1, -0.05) is 109 Å². The Kier molecular flexibility index (Phi) is 16.0. The minimum absolute atomic E-state index is 0.355. The maximum Gasteiger partial charge on any atom is 0.339 e. The first-order chi connectivity index (χ1) is 15.6. The number of hydrogen-bond donors (Lipinski definition) is 1. The van der Waals surface area contributed by atoms with Crippen LogP contribution in [0.5, 0.6) is 5.75 Å². The molecule has 0 aliphatic heterocycles. The normalized spacial score (nSPS) is 14.1. The summed E-state index contributed by atoms with van der Waals surface area (Å²) in [5, 5.41) is 10.0. The number of carbonyl (C=O) groups is 1. The molecule has 0 aliphatic rings. The number of aliphatic carboxylic acids is 1. The van der Waals surface area contributed by atoms with Crippen LogP contribution in [0.1, 0.15) is 117 Å². The topological polar surface area (TPSA) is 55.8 Å². The number of carboxylic acids is 1. The van der Waals surface area contributed by atoms with E-state index < -0.39 is 17.7 Å². The third-order valence-electron chi connectivity index (χ3n) is 6.38. The Morgan fingerprint density at radius 1 is 0.812 bits per heavy atom. The maximum atomic E-state index is 12.2. The van der Waals surface area contributed by atoms with E-state index in [4.69, 9.17) is 9.47 Å². The van der Waals surface area contributed by atoms with Crippen molar-refractivity contribution in [1.82, 2.24) is 0 Å². The number of benzene rings is 1. The summed E-state index contributed by atoms with van der Waals surface area (Å²) in [5.41, 5.74) is -1.30. The van der Waals surface area contributed by atoms with Crippen LogP contribution < -0.4 is 4.74 Å². The highest BCUT2D eigenvalue weighted by atomic mass is 16.6. The fraction of sp³-hybridized carbons (Fsp3) is 0.750. The first-order valence-corrected chi connectivity index (χ1v) is 13.2. The molecule has 4 heteroatoms. The van der Waals surface area contributed by atoms with Crippen LogP contribution in [-0.4, -0.2) is 29.4 Å². The van der Waals surface area contributed by atoms with Crippen molar-refractivity contribution < 1.29 is 19.4 Å². The maximum absolute atomic E-state index is 12.2. The largest absolute Gasteiger partial charge is 0.487 e. The van der Waals surface area contributed by atoms with Gasteiger partial charge in [0.2, 0.25) is 5.60 Å². The molecule has 0 fully saturated rings. The van der Waals surface area contributed by atoms with E-state index in [9.17, 15) is 9.90 Å². The van der Waals surface area contributed by atoms with Gasteiger partial charge in [0.25, 0.3) is 0 Å². The van der Waals surface area contributed by atoms with E-state index in [1.165, 1.54) is 70.6 Å². The first kappa shape index (κ1) is 28.5. The number of ether oxygens (including phenoxy) is 2. The van der Waals surface area contributed by atoms with E-state index in [0.29, 0.717) is 18.8 Å². The summed E-state index contributed by atoms with van der Waals surface area (Å²) in [7, 11) is 0. The predicted octanol–water partition coefficient (Wildman–Crippen LogP) is 8.19. The van der Waals surface area contributed by atoms with Gasteiger partial charge in [-0.2, -0.15) is 0 Å². The zero-order valence-corrected chi connectivity index (χ0v) is 20.9. The van der Waals surface area contributed by atoms with Crippen LogP contribution >= 0.6 is 0 Å². The summed E-state index contributed by atoms with van der Waals surface area (Å²) < 4.78 is 11.8. The lowest BCUT2D eigenvalue weighted by molar-refractivity contribution is -0.180. The highest BCUT2D eigenvalue weighted by Crippen LogP contribution is 2.29. The molecule has 1 N–H and O–H groups in total. The first-order valence-electron chi connectivity index (χ1n) is 13.2. The minimum Gasteiger partial charge on any atom is -0.487 e. The predicted molar refractivity (Wildman–Crippen MR) is 133 cm³/mol. The fourth-order valence-corrected chi connectivity index (χ4v) is 4.37. The molecule has 0 saturated heterocycles. The molecule has 1 aromatic carbocycles. The lowest BCUT2D eigenvalue weighted by atomic mass is 9.90. The van der Waals surface area contributed by atoms with Gasteiger partial charge in [-0.25, -0.2) is 4.79 Å². The summed E-state index contributed by atoms with van der Waals surface area (Å²) in [6.07, 6.45) is 17.8. The van der Waals surface area contributed by atoms with Gasteiger partial charge >= 0.3 is 5.97 Å². The highest BCUT2D eigenvalue weighted by molar-refractivity contribution is 5.78. The Balaban J connectivity index is 2.25. The van der Waals surface area contributed by atoms with E-state index in [-0.39, 0.29) is 0 Å². The van der Waals surface area contributed by atoms with E-state index in [2.05, 4.69) is 6.92 Å². The molecule has 0 saturated carbocycles. The molecule has 0 radical (unpaired) electrons. The van der Waals surface area contributed by atoms with Gasteiger partial charge in [-0.3, -0.25) is 0 Å². The highest BCUT2D eigenvalue weighted by Gasteiger charge is 2.46. The van der Waals surface area contributed by atoms with Gasteiger partial charge in [0.15, 0.2) is 0 Å². The van der Waals surface area contributed by atoms with Crippen molar-refractivity contribution in [3.63, 3.8) is 0 Å². The molecule has 1 aromatic rings. The molecule has 0 aliphatic carbocycles. The second-order valence-corrected chi connectivity index (χ2v) is 9.05. The van der Waals surface area contributed by atoms with Crippen molar-refractivity contribution in [3.8, 4) is 5.75 Å². The molecule has 2 unspecified atom stereocenters. The monoisotopic (exact) mass is 448 g/mol. The smallest absolute Gasteiger partial charge is 0.339 e. The van der Waals surface area contributed by atoms with Crippen LogP contribution in [-0.2, 0) is 9.53 Å². The van der Waals surface area contributed by atoms with Crippen molar-refractivity contribution in [2.24, 2.45) is 0 Å². The Hall–Kier alpha value is -1.55. The van der Waals surface area contributed by atoms with Crippen molar-refractivity contribution in [2.75, 3.05) is 6.61 Å². The van der Waals surface area contributed by atoms with Crippen molar-refractivity contribution in [2.45, 2.75) is 129 Å². The number of hydrogen-bond acceptors (Lipinski definition) is 3. The summed E-state index contributed by atoms with van der Waals surface area (Å²) in [5.74, 6) is -0.260. The van der Waals surface area contributed by atoms with E-state index in [1.54, 1.807) is 6.92 Å². The molecule has 4 nitrogen and oxygen atoms in total. The summed E-state index contributed by atoms with van der Waals surface area (Å²) >= 11 is 0. The van der Waals surface area contributed by atoms with Crippen molar-refractivity contribution >= 4 is 5.97 Å². The Labute approximate surface area is 197 Å². The fourth-order valence-electron chi connectivity index (χ4n) is 4.37. The molecule has 2 atom stereocenters. The van der Waals surface area contributed by atoms with E-state index in [1.807, 2.05) is 37.3 Å². The third kappa shape index (κ3) is 11.4. The average Bonchev–Trinajstić information content (AvgIpc) is 2.79. The van der Waals surface area contributed by atoms with Crippen LogP contribution in [0.2, 0.25) is 0 Å². The molecule has 0 amide bonds. The number of para-hydroxylation sites is 1. The molecule has 184 valence electrons. The van der Waals surface area contributed by atoms with Gasteiger partial charge < -0.3 is 14.6 Å². The van der Waals surface area contributed by atoms with Gasteiger partial charge in [-0.05, 0) is 38.8 Å². The van der Waals surface area contributed by atoms with Crippen LogP contribution in [0.4, 0.5) is 0 Å². The van der Waals surface area contributed by atoms with Crippen LogP contribution in [0, 0.1) is 0 Å². The van der Waals surface area contributed by atoms with Crippen LogP contribution in [0.25, 0.3) is 0 Å². The Morgan fingerprint density at radius 2 is 1.28 bits per heavy atom. The SMILES string of the molecule is CCCCCCCCCCCCCCCCC(OCC)(C(=O)O)C(C)Oc1ccccc1. The standard InChI is InChI=1S/C28H48O4/c1-4-6-7-8-9-10-11-12-13-14-15-16-17-21-24-28(27(29)30,31-5-2)25(3)32-26-22-19-18-20-23-26/h18-20,22-23,25H,4-17,21,24H2,1-3H3,(H,29,30). The van der Waals surface area contributed by atoms with Gasteiger partial charge in [0.1, 0.15) is 11.9 Å². The average molecular weight is 449 g/mol. The van der Waals surface area contributed by atoms with Gasteiger partial charge in [0.05, 0.1) is 0 Å². The second kappa shape index (κ2) is 17.9. The molecule has 1 rings (SSSR count). The Morgan fingerprint density at radius 3 is 1.72 bits per heavy atom. The lowest BCUT2D eigenvalue weighted by Gasteiger charge is -2.35. The molecule has 0 bridgehead atoms. The van der Waals surface area contributed by atoms with Crippen molar-refractivity contribution in [1.29, 1.82) is 0 Å². The molecule has 0 spiro atoms. The second-order valence-electron chi connectivity index (χ2n) is 9.05. The van der Waals surface area contributed by atoms with E-state index >= 15 is 0 Å². The van der Waals surface area contributed by atoms with Gasteiger partial charge in [-0.15, -0.1) is 0 Å². The number of unbranched alkanes of at least 4 members (excludes halogenated alkanes) is 13. The Bertz CT molecular complexity index is 574. The molecule has 0 heterocycles. The number of rotatable bonds is 21. The van der Waals surface area contributed by atoms with E-state index in [0.717, 1.165) is 19.3 Å². The quantitative estimate of drug-likeness (QED) is 0.193. The zero-order chi connectivity index (χ0) is 23.5. The third-order valence-corrected chi connectivity index (χ3v) is 6.38. The summed E-state index contributed by atoms with van der Waals surface area (Å²) in [6.45, 7) is 6.27. The minimum atomic E-state index is -1.30. The molecule has 0 aromatic heterocycles. The van der Waals surface area contributed by atoms with Crippen molar-refractivity contribution in [3.05, 3.63) is 30.3 Å². The molecular weight excluding hydrogens is 400 g/mol. The van der Waals surface area contributed by atoms with Crippen LogP contribution in [0.3, 0.4) is 0 Å². The number of carboxylic acid groups (broad SMARTS) is 1. The van der Waals surface area contributed by atoms with Crippen LogP contribution in [0.15, 0.2) is 30.3 Å². The molecular formula is C28H48O4. The lowest BCUT2D eigenvalue weighted by Crippen LogP contribution is -2.53. The molecule has 32 heavy (non-hydrogen) atoms. The summed E-state index contributed by atoms with van der Waals surface area (Å²) in [4.78, 5) is 12.2.